The van der Waals surface area contributed by atoms with Crippen LogP contribution >= 0.6 is 0 Å². The molecule has 102 valence electrons. The average molecular weight is 266 g/mol. The highest BCUT2D eigenvalue weighted by Crippen LogP contribution is 2.11. The number of carboxylic acid groups (broad SMARTS) is 1. The van der Waals surface area contributed by atoms with Gasteiger partial charge in [0.2, 0.25) is 6.10 Å². The van der Waals surface area contributed by atoms with Crippen LogP contribution in [0.1, 0.15) is 19.1 Å². The standard InChI is InChI=1S/C12H14N2O5/c1-7(5-8-3-2-4-18-8)13-11(15)10-6-9(12(16)17)14-19-10/h2-4,7,10H,5-6H2,1H3,(H,13,15)(H,16,17). The Hall–Kier alpha value is -2.31. The lowest BCUT2D eigenvalue weighted by Crippen LogP contribution is -2.41. The third kappa shape index (κ3) is 3.34. The van der Waals surface area contributed by atoms with Crippen molar-refractivity contribution in [3.05, 3.63) is 24.2 Å². The Morgan fingerprint density at radius 1 is 1.63 bits per heavy atom. The lowest BCUT2D eigenvalue weighted by atomic mass is 10.1. The molecule has 0 aliphatic carbocycles. The van der Waals surface area contributed by atoms with Crippen molar-refractivity contribution in [3.8, 4) is 0 Å². The van der Waals surface area contributed by atoms with Crippen LogP contribution < -0.4 is 5.32 Å². The van der Waals surface area contributed by atoms with Gasteiger partial charge in [-0.15, -0.1) is 0 Å². The van der Waals surface area contributed by atoms with Gasteiger partial charge in [-0.2, -0.15) is 0 Å². The van der Waals surface area contributed by atoms with Crippen molar-refractivity contribution >= 4 is 17.6 Å². The van der Waals surface area contributed by atoms with Gasteiger partial charge in [0.25, 0.3) is 5.91 Å². The van der Waals surface area contributed by atoms with Crippen molar-refractivity contribution in [2.24, 2.45) is 5.16 Å². The number of rotatable bonds is 5. The first kappa shape index (κ1) is 13.1. The third-order valence-electron chi connectivity index (χ3n) is 2.68. The minimum Gasteiger partial charge on any atom is -0.477 e. The summed E-state index contributed by atoms with van der Waals surface area (Å²) in [5.41, 5.74) is -0.140. The summed E-state index contributed by atoms with van der Waals surface area (Å²) in [6.45, 7) is 1.83. The Labute approximate surface area is 109 Å². The molecule has 0 aromatic carbocycles. The van der Waals surface area contributed by atoms with Crippen LogP contribution in [0, 0.1) is 0 Å². The molecule has 0 saturated heterocycles. The van der Waals surface area contributed by atoms with Gasteiger partial charge in [0.05, 0.1) is 6.26 Å². The number of nitrogens with one attached hydrogen (secondary N) is 1. The number of hydrogen-bond donors (Lipinski definition) is 2. The van der Waals surface area contributed by atoms with E-state index in [2.05, 4.69) is 10.5 Å². The number of carboxylic acids is 1. The van der Waals surface area contributed by atoms with Crippen molar-refractivity contribution in [2.45, 2.75) is 31.9 Å². The molecule has 2 heterocycles. The minimum atomic E-state index is -1.17. The number of nitrogens with zero attached hydrogens (tertiary/aromatic N) is 1. The molecule has 7 heteroatoms. The summed E-state index contributed by atoms with van der Waals surface area (Å²) >= 11 is 0. The van der Waals surface area contributed by atoms with Crippen LogP contribution in [0.15, 0.2) is 28.0 Å². The Morgan fingerprint density at radius 3 is 3.00 bits per heavy atom. The number of amides is 1. The van der Waals surface area contributed by atoms with Gasteiger partial charge in [0, 0.05) is 18.9 Å². The molecule has 1 aromatic rings. The highest BCUT2D eigenvalue weighted by atomic mass is 16.6. The molecule has 1 amide bonds. The molecule has 1 aliphatic rings. The van der Waals surface area contributed by atoms with Gasteiger partial charge >= 0.3 is 5.97 Å². The molecular weight excluding hydrogens is 252 g/mol. The quantitative estimate of drug-likeness (QED) is 0.810. The van der Waals surface area contributed by atoms with Gasteiger partial charge in [0.1, 0.15) is 5.76 Å². The van der Waals surface area contributed by atoms with Crippen molar-refractivity contribution in [1.29, 1.82) is 0 Å². The maximum absolute atomic E-state index is 11.8. The van der Waals surface area contributed by atoms with E-state index in [1.807, 2.05) is 13.0 Å². The van der Waals surface area contributed by atoms with E-state index < -0.39 is 12.1 Å². The first-order chi connectivity index (χ1) is 9.06. The van der Waals surface area contributed by atoms with Crippen molar-refractivity contribution in [2.75, 3.05) is 0 Å². The van der Waals surface area contributed by atoms with Gasteiger partial charge in [-0.25, -0.2) is 4.79 Å². The molecule has 0 radical (unpaired) electrons. The van der Waals surface area contributed by atoms with E-state index in [9.17, 15) is 9.59 Å². The molecular formula is C12H14N2O5. The first-order valence-corrected chi connectivity index (χ1v) is 5.85. The lowest BCUT2D eigenvalue weighted by molar-refractivity contribution is -0.131. The fourth-order valence-electron chi connectivity index (χ4n) is 1.76. The maximum Gasteiger partial charge on any atom is 0.353 e. The molecule has 2 unspecified atom stereocenters. The first-order valence-electron chi connectivity index (χ1n) is 5.85. The van der Waals surface area contributed by atoms with Crippen LogP contribution in [0.25, 0.3) is 0 Å². The summed E-state index contributed by atoms with van der Waals surface area (Å²) in [6.07, 6.45) is 1.23. The predicted molar refractivity (Wildman–Crippen MR) is 64.6 cm³/mol. The van der Waals surface area contributed by atoms with E-state index in [1.54, 1.807) is 12.3 Å². The second kappa shape index (κ2) is 5.55. The van der Waals surface area contributed by atoms with Gasteiger partial charge in [0.15, 0.2) is 5.71 Å². The van der Waals surface area contributed by atoms with Crippen LogP contribution in [0.5, 0.6) is 0 Å². The minimum absolute atomic E-state index is 0.0192. The Bertz CT molecular complexity index is 494. The fourth-order valence-corrected chi connectivity index (χ4v) is 1.76. The smallest absolute Gasteiger partial charge is 0.353 e. The van der Waals surface area contributed by atoms with Gasteiger partial charge in [-0.3, -0.25) is 4.79 Å². The molecule has 0 fully saturated rings. The van der Waals surface area contributed by atoms with E-state index in [1.165, 1.54) is 0 Å². The SMILES string of the molecule is CC(Cc1ccco1)NC(=O)C1CC(C(=O)O)=NO1. The van der Waals surface area contributed by atoms with Crippen molar-refractivity contribution < 1.29 is 24.0 Å². The Balaban J connectivity index is 1.80. The molecule has 19 heavy (non-hydrogen) atoms. The molecule has 2 N–H and O–H groups in total. The van der Waals surface area contributed by atoms with Crippen LogP contribution in [0.3, 0.4) is 0 Å². The summed E-state index contributed by atoms with van der Waals surface area (Å²) in [6, 6.07) is 3.45. The summed E-state index contributed by atoms with van der Waals surface area (Å²) in [5, 5.41) is 14.8. The van der Waals surface area contributed by atoms with E-state index in [4.69, 9.17) is 14.4 Å². The second-order valence-corrected chi connectivity index (χ2v) is 4.33. The number of aliphatic carboxylic acids is 1. The summed E-state index contributed by atoms with van der Waals surface area (Å²) in [5.74, 6) is -0.777. The lowest BCUT2D eigenvalue weighted by Gasteiger charge is -2.14. The van der Waals surface area contributed by atoms with Crippen molar-refractivity contribution in [3.63, 3.8) is 0 Å². The van der Waals surface area contributed by atoms with Gasteiger partial charge < -0.3 is 19.7 Å². The zero-order valence-corrected chi connectivity index (χ0v) is 10.3. The summed E-state index contributed by atoms with van der Waals surface area (Å²) in [4.78, 5) is 27.3. The highest BCUT2D eigenvalue weighted by molar-refractivity contribution is 6.36. The van der Waals surface area contributed by atoms with E-state index in [-0.39, 0.29) is 24.1 Å². The topological polar surface area (TPSA) is 101 Å². The average Bonchev–Trinajstić information content (AvgIpc) is 2.98. The van der Waals surface area contributed by atoms with E-state index in [0.29, 0.717) is 6.42 Å². The largest absolute Gasteiger partial charge is 0.477 e. The molecule has 0 saturated carbocycles. The van der Waals surface area contributed by atoms with Gasteiger partial charge in [-0.05, 0) is 19.1 Å². The normalized spacial score (nSPS) is 19.4. The monoisotopic (exact) mass is 266 g/mol. The fraction of sp³-hybridized carbons (Fsp3) is 0.417. The zero-order chi connectivity index (χ0) is 13.8. The maximum atomic E-state index is 11.8. The molecule has 1 aliphatic heterocycles. The molecule has 2 rings (SSSR count). The van der Waals surface area contributed by atoms with Crippen LogP contribution in [0.2, 0.25) is 0 Å². The summed E-state index contributed by atoms with van der Waals surface area (Å²) in [7, 11) is 0. The summed E-state index contributed by atoms with van der Waals surface area (Å²) < 4.78 is 5.18. The molecule has 7 nitrogen and oxygen atoms in total. The molecule has 2 atom stereocenters. The third-order valence-corrected chi connectivity index (χ3v) is 2.68. The van der Waals surface area contributed by atoms with Crippen LogP contribution in [-0.2, 0) is 20.8 Å². The zero-order valence-electron chi connectivity index (χ0n) is 10.3. The van der Waals surface area contributed by atoms with Crippen LogP contribution in [0.4, 0.5) is 0 Å². The second-order valence-electron chi connectivity index (χ2n) is 4.33. The Morgan fingerprint density at radius 2 is 2.42 bits per heavy atom. The van der Waals surface area contributed by atoms with E-state index >= 15 is 0 Å². The number of carbonyl (C=O) groups is 2. The molecule has 0 bridgehead atoms. The molecule has 0 spiro atoms. The molecule has 1 aromatic heterocycles. The van der Waals surface area contributed by atoms with Crippen LogP contribution in [-0.4, -0.2) is 34.8 Å². The van der Waals surface area contributed by atoms with Crippen molar-refractivity contribution in [1.82, 2.24) is 5.32 Å². The number of hydrogen-bond acceptors (Lipinski definition) is 5. The predicted octanol–water partition coefficient (Wildman–Crippen LogP) is 0.556. The number of furan rings is 1. The highest BCUT2D eigenvalue weighted by Gasteiger charge is 2.32. The number of oxime groups is 1. The van der Waals surface area contributed by atoms with E-state index in [0.717, 1.165) is 5.76 Å². The Kier molecular flexibility index (Phi) is 3.84. The van der Waals surface area contributed by atoms with Gasteiger partial charge in [-0.1, -0.05) is 5.16 Å². The number of carbonyl (C=O) groups excluding carboxylic acids is 1.